The summed E-state index contributed by atoms with van der Waals surface area (Å²) in [5.41, 5.74) is 3.34. The Bertz CT molecular complexity index is 1200. The molecule has 1 N–H and O–H groups in total. The molecule has 7 nitrogen and oxygen atoms in total. The van der Waals surface area contributed by atoms with Crippen molar-refractivity contribution in [2.75, 3.05) is 45.7 Å². The molecule has 32 heavy (non-hydrogen) atoms. The van der Waals surface area contributed by atoms with Crippen LogP contribution in [0.15, 0.2) is 42.6 Å². The van der Waals surface area contributed by atoms with Crippen molar-refractivity contribution in [1.82, 2.24) is 14.8 Å². The second-order valence-corrected chi connectivity index (χ2v) is 8.22. The van der Waals surface area contributed by atoms with E-state index in [-0.39, 0.29) is 5.91 Å². The van der Waals surface area contributed by atoms with E-state index in [9.17, 15) is 10.1 Å². The van der Waals surface area contributed by atoms with E-state index in [1.165, 1.54) is 0 Å². The quantitative estimate of drug-likeness (QED) is 0.638. The fourth-order valence-electron chi connectivity index (χ4n) is 3.80. The summed E-state index contributed by atoms with van der Waals surface area (Å²) in [6, 6.07) is 13.0. The van der Waals surface area contributed by atoms with E-state index in [2.05, 4.69) is 28.3 Å². The number of anilines is 1. The van der Waals surface area contributed by atoms with Crippen LogP contribution >= 0.6 is 11.6 Å². The summed E-state index contributed by atoms with van der Waals surface area (Å²) in [5.74, 6) is 0.541. The van der Waals surface area contributed by atoms with Crippen LogP contribution in [0, 0.1) is 11.3 Å². The summed E-state index contributed by atoms with van der Waals surface area (Å²) in [6.45, 7) is 3.44. The number of methoxy groups -OCH3 is 1. The monoisotopic (exact) mass is 449 g/mol. The van der Waals surface area contributed by atoms with Crippen molar-refractivity contribution in [2.24, 2.45) is 0 Å². The number of nitrogens with zero attached hydrogens (tertiary/aromatic N) is 4. The predicted octanol–water partition coefficient (Wildman–Crippen LogP) is 3.77. The predicted molar refractivity (Wildman–Crippen MR) is 125 cm³/mol. The summed E-state index contributed by atoms with van der Waals surface area (Å²) in [5, 5.41) is 14.1. The van der Waals surface area contributed by atoms with Gasteiger partial charge in [-0.25, -0.2) is 0 Å². The highest BCUT2D eigenvalue weighted by Crippen LogP contribution is 2.30. The lowest BCUT2D eigenvalue weighted by Crippen LogP contribution is -2.47. The van der Waals surface area contributed by atoms with Gasteiger partial charge in [0, 0.05) is 44.3 Å². The molecule has 2 heterocycles. The Balaban J connectivity index is 1.71. The summed E-state index contributed by atoms with van der Waals surface area (Å²) < 4.78 is 5.23. The molecule has 0 bridgehead atoms. The van der Waals surface area contributed by atoms with Crippen LogP contribution in [0.1, 0.15) is 21.5 Å². The number of carbonyl (C=O) groups is 1. The normalized spacial score (nSPS) is 14.2. The lowest BCUT2D eigenvalue weighted by atomic mass is 10.0. The average Bonchev–Trinajstić information content (AvgIpc) is 2.82. The van der Waals surface area contributed by atoms with Crippen LogP contribution in [0.4, 0.5) is 5.69 Å². The van der Waals surface area contributed by atoms with Crippen LogP contribution in [0.3, 0.4) is 0 Å². The smallest absolute Gasteiger partial charge is 0.257 e. The third-order valence-electron chi connectivity index (χ3n) is 5.70. The van der Waals surface area contributed by atoms with Gasteiger partial charge in [-0.3, -0.25) is 9.78 Å². The number of benzene rings is 2. The van der Waals surface area contributed by atoms with Crippen LogP contribution in [0.25, 0.3) is 10.9 Å². The third kappa shape index (κ3) is 4.47. The summed E-state index contributed by atoms with van der Waals surface area (Å²) in [6.07, 6.45) is 1.62. The molecule has 1 saturated heterocycles. The summed E-state index contributed by atoms with van der Waals surface area (Å²) in [4.78, 5) is 22.0. The lowest BCUT2D eigenvalue weighted by Gasteiger charge is -2.33. The van der Waals surface area contributed by atoms with Crippen molar-refractivity contribution in [1.29, 1.82) is 5.26 Å². The Morgan fingerprint density at radius 3 is 2.69 bits per heavy atom. The number of halogens is 1. The van der Waals surface area contributed by atoms with Gasteiger partial charge >= 0.3 is 0 Å². The molecular weight excluding hydrogens is 426 g/mol. The van der Waals surface area contributed by atoms with Gasteiger partial charge in [-0.1, -0.05) is 17.7 Å². The molecule has 0 unspecified atom stereocenters. The molecule has 8 heteroatoms. The number of likely N-dealkylation sites (N-methyl/N-ethyl adjacent to an activating group) is 1. The Kier molecular flexibility index (Phi) is 6.45. The van der Waals surface area contributed by atoms with E-state index in [1.54, 1.807) is 31.5 Å². The molecule has 0 aliphatic carbocycles. The molecule has 3 aromatic rings. The molecular formula is C24H24ClN5O2. The number of fused-ring (bicyclic) bond motifs is 1. The number of amides is 1. The van der Waals surface area contributed by atoms with Crippen LogP contribution in [0.5, 0.6) is 5.75 Å². The van der Waals surface area contributed by atoms with E-state index in [0.29, 0.717) is 52.7 Å². The van der Waals surface area contributed by atoms with E-state index in [4.69, 9.17) is 16.3 Å². The molecule has 1 aromatic heterocycles. The Hall–Kier alpha value is -3.34. The van der Waals surface area contributed by atoms with Crippen LogP contribution in [-0.2, 0) is 6.54 Å². The number of rotatable bonds is 5. The SMILES string of the molecule is COc1ccc(CNc2c(C(=O)N3CCN(C)CC3)cnc3ccc(C#N)cc23)cc1Cl. The molecule has 0 spiro atoms. The van der Waals surface area contributed by atoms with Crippen molar-refractivity contribution in [3.63, 3.8) is 0 Å². The van der Waals surface area contributed by atoms with Gasteiger partial charge in [-0.2, -0.15) is 5.26 Å². The first-order valence-corrected chi connectivity index (χ1v) is 10.7. The molecule has 0 radical (unpaired) electrons. The van der Waals surface area contributed by atoms with Gasteiger partial charge in [0.1, 0.15) is 5.75 Å². The van der Waals surface area contributed by atoms with Crippen LogP contribution in [0.2, 0.25) is 5.02 Å². The zero-order chi connectivity index (χ0) is 22.7. The van der Waals surface area contributed by atoms with Crippen molar-refractivity contribution in [3.8, 4) is 11.8 Å². The standard InChI is InChI=1S/C24H24ClN5O2/c1-29-7-9-30(10-8-29)24(31)19-15-27-21-5-3-16(13-26)11-18(21)23(19)28-14-17-4-6-22(32-2)20(25)12-17/h3-6,11-12,15H,7-10,14H2,1-2H3,(H,27,28). The van der Waals surface area contributed by atoms with E-state index < -0.39 is 0 Å². The fourth-order valence-corrected chi connectivity index (χ4v) is 4.09. The number of aromatic nitrogens is 1. The second-order valence-electron chi connectivity index (χ2n) is 7.81. The minimum atomic E-state index is -0.0647. The van der Waals surface area contributed by atoms with Gasteiger partial charge in [0.15, 0.2) is 0 Å². The van der Waals surface area contributed by atoms with Gasteiger partial charge in [0.2, 0.25) is 0 Å². The molecule has 1 aliphatic rings. The maximum Gasteiger partial charge on any atom is 0.257 e. The zero-order valence-corrected chi connectivity index (χ0v) is 18.8. The average molecular weight is 450 g/mol. The molecule has 4 rings (SSSR count). The largest absolute Gasteiger partial charge is 0.495 e. The van der Waals surface area contributed by atoms with E-state index >= 15 is 0 Å². The molecule has 1 fully saturated rings. The number of carbonyl (C=O) groups excluding carboxylic acids is 1. The zero-order valence-electron chi connectivity index (χ0n) is 18.1. The first kappa shape index (κ1) is 21.9. The van der Waals surface area contributed by atoms with E-state index in [0.717, 1.165) is 24.0 Å². The Morgan fingerprint density at radius 2 is 2.00 bits per heavy atom. The van der Waals surface area contributed by atoms with Crippen molar-refractivity contribution in [3.05, 3.63) is 64.3 Å². The van der Waals surface area contributed by atoms with Crippen molar-refractivity contribution < 1.29 is 9.53 Å². The van der Waals surface area contributed by atoms with Gasteiger partial charge in [0.25, 0.3) is 5.91 Å². The van der Waals surface area contributed by atoms with Crippen molar-refractivity contribution in [2.45, 2.75) is 6.54 Å². The van der Waals surface area contributed by atoms with Gasteiger partial charge in [-0.05, 0) is 42.9 Å². The summed E-state index contributed by atoms with van der Waals surface area (Å²) in [7, 11) is 3.63. The number of nitriles is 1. The maximum atomic E-state index is 13.4. The maximum absolute atomic E-state index is 13.4. The lowest BCUT2D eigenvalue weighted by molar-refractivity contribution is 0.0665. The van der Waals surface area contributed by atoms with Gasteiger partial charge < -0.3 is 19.9 Å². The highest BCUT2D eigenvalue weighted by atomic mass is 35.5. The third-order valence-corrected chi connectivity index (χ3v) is 6.00. The Labute approximate surface area is 192 Å². The Morgan fingerprint density at radius 1 is 1.22 bits per heavy atom. The number of hydrogen-bond donors (Lipinski definition) is 1. The number of hydrogen-bond acceptors (Lipinski definition) is 6. The van der Waals surface area contributed by atoms with Crippen LogP contribution < -0.4 is 10.1 Å². The molecule has 1 aliphatic heterocycles. The first-order valence-electron chi connectivity index (χ1n) is 10.4. The number of pyridine rings is 1. The number of ether oxygens (including phenoxy) is 1. The molecule has 2 aromatic carbocycles. The van der Waals surface area contributed by atoms with Crippen molar-refractivity contribution >= 4 is 34.1 Å². The number of nitrogens with one attached hydrogen (secondary N) is 1. The summed E-state index contributed by atoms with van der Waals surface area (Å²) >= 11 is 6.28. The molecule has 164 valence electrons. The van der Waals surface area contributed by atoms with Gasteiger partial charge in [-0.15, -0.1) is 0 Å². The van der Waals surface area contributed by atoms with E-state index in [1.807, 2.05) is 23.1 Å². The fraction of sp³-hybridized carbons (Fsp3) is 0.292. The minimum absolute atomic E-state index is 0.0647. The topological polar surface area (TPSA) is 81.5 Å². The first-order chi connectivity index (χ1) is 15.5. The minimum Gasteiger partial charge on any atom is -0.495 e. The molecule has 0 atom stereocenters. The van der Waals surface area contributed by atoms with Crippen LogP contribution in [-0.4, -0.2) is 61.0 Å². The number of piperazine rings is 1. The molecule has 0 saturated carbocycles. The second kappa shape index (κ2) is 9.43. The highest BCUT2D eigenvalue weighted by Gasteiger charge is 2.24. The highest BCUT2D eigenvalue weighted by molar-refractivity contribution is 6.32. The van der Waals surface area contributed by atoms with Gasteiger partial charge in [0.05, 0.1) is 40.5 Å². The molecule has 1 amide bonds.